The Hall–Kier alpha value is -1.09. The van der Waals surface area contributed by atoms with Crippen LogP contribution in [0.25, 0.3) is 0 Å². The van der Waals surface area contributed by atoms with Gasteiger partial charge in [0.2, 0.25) is 0 Å². The Morgan fingerprint density at radius 1 is 1.33 bits per heavy atom. The number of benzene rings is 1. The molecule has 2 atom stereocenters. The average Bonchev–Trinajstić information content (AvgIpc) is 2.35. The quantitative estimate of drug-likeness (QED) is 0.866. The van der Waals surface area contributed by atoms with Crippen LogP contribution < -0.4 is 10.1 Å². The Kier molecular flexibility index (Phi) is 3.91. The molecule has 2 nitrogen and oxygen atoms in total. The fourth-order valence-electron chi connectivity index (χ4n) is 2.43. The normalized spacial score (nSPS) is 25.6. The highest BCUT2D eigenvalue weighted by Crippen LogP contribution is 2.43. The minimum Gasteiger partial charge on any atom is -0.490 e. The van der Waals surface area contributed by atoms with Gasteiger partial charge in [-0.2, -0.15) is 0 Å². The van der Waals surface area contributed by atoms with E-state index >= 15 is 0 Å². The number of hydrogen-bond donors (Lipinski definition) is 1. The van der Waals surface area contributed by atoms with Crippen LogP contribution in [0, 0.1) is 11.2 Å². The first-order valence-corrected chi connectivity index (χ1v) is 6.69. The van der Waals surface area contributed by atoms with E-state index in [4.69, 9.17) is 4.74 Å². The molecule has 1 aliphatic carbocycles. The zero-order valence-corrected chi connectivity index (χ0v) is 11.4. The molecule has 0 spiro atoms. The first-order valence-electron chi connectivity index (χ1n) is 6.69. The predicted molar refractivity (Wildman–Crippen MR) is 71.3 cm³/mol. The third-order valence-corrected chi connectivity index (χ3v) is 3.91. The highest BCUT2D eigenvalue weighted by Gasteiger charge is 2.49. The van der Waals surface area contributed by atoms with Crippen LogP contribution in [0.5, 0.6) is 5.75 Å². The van der Waals surface area contributed by atoms with Gasteiger partial charge >= 0.3 is 0 Å². The van der Waals surface area contributed by atoms with E-state index in [-0.39, 0.29) is 17.3 Å². The minimum absolute atomic E-state index is 0.129. The molecule has 1 aromatic rings. The lowest BCUT2D eigenvalue weighted by atomic mass is 9.64. The van der Waals surface area contributed by atoms with E-state index < -0.39 is 0 Å². The van der Waals surface area contributed by atoms with Crippen LogP contribution >= 0.6 is 0 Å². The van der Waals surface area contributed by atoms with E-state index in [1.54, 1.807) is 12.1 Å². The Labute approximate surface area is 109 Å². The first kappa shape index (κ1) is 13.3. The van der Waals surface area contributed by atoms with Crippen molar-refractivity contribution in [3.63, 3.8) is 0 Å². The van der Waals surface area contributed by atoms with Crippen molar-refractivity contribution in [1.29, 1.82) is 0 Å². The zero-order chi connectivity index (χ0) is 13.2. The second-order valence-corrected chi connectivity index (χ2v) is 5.62. The lowest BCUT2D eigenvalue weighted by molar-refractivity contribution is -0.0546. The van der Waals surface area contributed by atoms with Crippen molar-refractivity contribution in [3.8, 4) is 5.75 Å². The molecule has 0 heterocycles. The summed E-state index contributed by atoms with van der Waals surface area (Å²) in [5.74, 6) is 0.529. The fraction of sp³-hybridized carbons (Fsp3) is 0.600. The zero-order valence-electron chi connectivity index (χ0n) is 11.4. The molecular weight excluding hydrogens is 229 g/mol. The maximum atomic E-state index is 12.8. The predicted octanol–water partition coefficient (Wildman–Crippen LogP) is 3.37. The van der Waals surface area contributed by atoms with Gasteiger partial charge in [0.1, 0.15) is 17.7 Å². The summed E-state index contributed by atoms with van der Waals surface area (Å²) in [6, 6.07) is 6.78. The second-order valence-electron chi connectivity index (χ2n) is 5.62. The maximum absolute atomic E-state index is 12.8. The van der Waals surface area contributed by atoms with Crippen LogP contribution in [0.1, 0.15) is 33.6 Å². The van der Waals surface area contributed by atoms with Crippen LogP contribution in [0.4, 0.5) is 4.39 Å². The molecule has 0 bridgehead atoms. The molecule has 18 heavy (non-hydrogen) atoms. The standard InChI is InChI=1S/C15H22FNO/c1-4-9-17-13-10-14(15(13,2)3)18-12-7-5-11(16)6-8-12/h5-8,13-14,17H,4,9-10H2,1-3H3. The van der Waals surface area contributed by atoms with Crippen LogP contribution in [-0.4, -0.2) is 18.7 Å². The van der Waals surface area contributed by atoms with Crippen molar-refractivity contribution in [1.82, 2.24) is 5.32 Å². The van der Waals surface area contributed by atoms with E-state index in [2.05, 4.69) is 26.1 Å². The molecule has 3 heteroatoms. The lowest BCUT2D eigenvalue weighted by Crippen LogP contribution is -2.62. The topological polar surface area (TPSA) is 21.3 Å². The SMILES string of the molecule is CCCNC1CC(Oc2ccc(F)cc2)C1(C)C. The van der Waals surface area contributed by atoms with Crippen molar-refractivity contribution >= 4 is 0 Å². The molecule has 0 saturated heterocycles. The summed E-state index contributed by atoms with van der Waals surface area (Å²) in [6.07, 6.45) is 2.37. The molecule has 0 radical (unpaired) electrons. The second kappa shape index (κ2) is 5.27. The third-order valence-electron chi connectivity index (χ3n) is 3.91. The Bertz CT molecular complexity index is 388. The minimum atomic E-state index is -0.224. The van der Waals surface area contributed by atoms with Crippen LogP contribution in [0.3, 0.4) is 0 Å². The lowest BCUT2D eigenvalue weighted by Gasteiger charge is -2.51. The molecule has 1 saturated carbocycles. The highest BCUT2D eigenvalue weighted by atomic mass is 19.1. The van der Waals surface area contributed by atoms with Gasteiger partial charge in [0.05, 0.1) is 0 Å². The molecule has 100 valence electrons. The number of halogens is 1. The molecule has 1 N–H and O–H groups in total. The summed E-state index contributed by atoms with van der Waals surface area (Å²) in [6.45, 7) is 7.67. The van der Waals surface area contributed by atoms with Crippen LogP contribution in [0.15, 0.2) is 24.3 Å². The third kappa shape index (κ3) is 2.66. The molecule has 0 aromatic heterocycles. The molecule has 0 aliphatic heterocycles. The molecule has 1 fully saturated rings. The molecule has 1 aliphatic rings. The Morgan fingerprint density at radius 2 is 2.00 bits per heavy atom. The van der Waals surface area contributed by atoms with Crippen molar-refractivity contribution in [2.45, 2.75) is 45.8 Å². The van der Waals surface area contributed by atoms with E-state index in [0.717, 1.165) is 25.1 Å². The van der Waals surface area contributed by atoms with Gasteiger partial charge in [0, 0.05) is 17.9 Å². The van der Waals surface area contributed by atoms with Crippen molar-refractivity contribution < 1.29 is 9.13 Å². The molecule has 2 unspecified atom stereocenters. The van der Waals surface area contributed by atoms with Gasteiger partial charge in [0.15, 0.2) is 0 Å². The van der Waals surface area contributed by atoms with Crippen LogP contribution in [-0.2, 0) is 0 Å². The van der Waals surface area contributed by atoms with Gasteiger partial charge in [0.25, 0.3) is 0 Å². The van der Waals surface area contributed by atoms with Gasteiger partial charge in [-0.15, -0.1) is 0 Å². The Balaban J connectivity index is 1.90. The Morgan fingerprint density at radius 3 is 2.56 bits per heavy atom. The number of hydrogen-bond acceptors (Lipinski definition) is 2. The summed E-state index contributed by atoms with van der Waals surface area (Å²) in [5.41, 5.74) is 0.129. The van der Waals surface area contributed by atoms with Gasteiger partial charge in [-0.05, 0) is 37.2 Å². The van der Waals surface area contributed by atoms with Crippen molar-refractivity contribution in [2.24, 2.45) is 5.41 Å². The number of ether oxygens (including phenoxy) is 1. The van der Waals surface area contributed by atoms with Gasteiger partial charge in [-0.25, -0.2) is 4.39 Å². The summed E-state index contributed by atoms with van der Waals surface area (Å²) in [4.78, 5) is 0. The molecule has 0 amide bonds. The largest absolute Gasteiger partial charge is 0.490 e. The maximum Gasteiger partial charge on any atom is 0.123 e. The molecule has 2 rings (SSSR count). The molecule has 1 aromatic carbocycles. The summed E-state index contributed by atoms with van der Waals surface area (Å²) < 4.78 is 18.7. The van der Waals surface area contributed by atoms with Crippen molar-refractivity contribution in [3.05, 3.63) is 30.1 Å². The van der Waals surface area contributed by atoms with Gasteiger partial charge < -0.3 is 10.1 Å². The van der Waals surface area contributed by atoms with Crippen LogP contribution in [0.2, 0.25) is 0 Å². The van der Waals surface area contributed by atoms with Crippen molar-refractivity contribution in [2.75, 3.05) is 6.54 Å². The highest BCUT2D eigenvalue weighted by molar-refractivity contribution is 5.23. The summed E-state index contributed by atoms with van der Waals surface area (Å²) in [5, 5.41) is 3.54. The number of nitrogens with one attached hydrogen (secondary N) is 1. The summed E-state index contributed by atoms with van der Waals surface area (Å²) in [7, 11) is 0. The first-order chi connectivity index (χ1) is 8.54. The average molecular weight is 251 g/mol. The number of rotatable bonds is 5. The van der Waals surface area contributed by atoms with E-state index in [1.807, 2.05) is 0 Å². The monoisotopic (exact) mass is 251 g/mol. The summed E-state index contributed by atoms with van der Waals surface area (Å²) >= 11 is 0. The van der Waals surface area contributed by atoms with E-state index in [1.165, 1.54) is 12.1 Å². The van der Waals surface area contributed by atoms with Gasteiger partial charge in [-0.1, -0.05) is 20.8 Å². The molecular formula is C15H22FNO. The van der Waals surface area contributed by atoms with E-state index in [9.17, 15) is 4.39 Å². The smallest absolute Gasteiger partial charge is 0.123 e. The fourth-order valence-corrected chi connectivity index (χ4v) is 2.43. The van der Waals surface area contributed by atoms with Gasteiger partial charge in [-0.3, -0.25) is 0 Å². The van der Waals surface area contributed by atoms with E-state index in [0.29, 0.717) is 6.04 Å².